The van der Waals surface area contributed by atoms with E-state index in [4.69, 9.17) is 21.4 Å². The van der Waals surface area contributed by atoms with E-state index in [1.54, 1.807) is 42.6 Å². The SMILES string of the molecule is CCNC(=S)N/N=C/c1ccc(OC(=O)c2ccco2)cc1. The van der Waals surface area contributed by atoms with Crippen LogP contribution in [0.25, 0.3) is 0 Å². The van der Waals surface area contributed by atoms with Gasteiger partial charge >= 0.3 is 5.97 Å². The number of benzene rings is 1. The van der Waals surface area contributed by atoms with Crippen LogP contribution in [0, 0.1) is 0 Å². The van der Waals surface area contributed by atoms with E-state index in [2.05, 4.69) is 15.8 Å². The van der Waals surface area contributed by atoms with Crippen molar-refractivity contribution in [3.8, 4) is 5.75 Å². The van der Waals surface area contributed by atoms with Gasteiger partial charge in [0, 0.05) is 6.54 Å². The lowest BCUT2D eigenvalue weighted by Gasteiger charge is -2.03. The number of carbonyl (C=O) groups excluding carboxylic acids is 1. The van der Waals surface area contributed by atoms with E-state index in [1.807, 2.05) is 6.92 Å². The molecule has 2 N–H and O–H groups in total. The fraction of sp³-hybridized carbons (Fsp3) is 0.133. The quantitative estimate of drug-likeness (QED) is 0.290. The lowest BCUT2D eigenvalue weighted by Crippen LogP contribution is -2.31. The van der Waals surface area contributed by atoms with Gasteiger partial charge in [0.05, 0.1) is 12.5 Å². The number of carbonyl (C=O) groups is 1. The van der Waals surface area contributed by atoms with E-state index in [0.29, 0.717) is 10.9 Å². The lowest BCUT2D eigenvalue weighted by atomic mass is 10.2. The third kappa shape index (κ3) is 4.71. The molecule has 2 aromatic rings. The number of hydrogen-bond donors (Lipinski definition) is 2. The molecule has 0 spiro atoms. The summed E-state index contributed by atoms with van der Waals surface area (Å²) in [4.78, 5) is 11.7. The van der Waals surface area contributed by atoms with Gasteiger partial charge in [-0.05, 0) is 61.1 Å². The van der Waals surface area contributed by atoms with Crippen molar-refractivity contribution < 1.29 is 13.9 Å². The summed E-state index contributed by atoms with van der Waals surface area (Å²) in [6, 6.07) is 10.1. The van der Waals surface area contributed by atoms with E-state index in [-0.39, 0.29) is 5.76 Å². The molecule has 0 amide bonds. The largest absolute Gasteiger partial charge is 0.457 e. The smallest absolute Gasteiger partial charge is 0.379 e. The van der Waals surface area contributed by atoms with Gasteiger partial charge in [0.1, 0.15) is 5.75 Å². The van der Waals surface area contributed by atoms with Gasteiger partial charge in [0.15, 0.2) is 5.11 Å². The van der Waals surface area contributed by atoms with Crippen molar-refractivity contribution in [2.75, 3.05) is 6.54 Å². The number of rotatable bonds is 5. The van der Waals surface area contributed by atoms with Crippen LogP contribution in [-0.2, 0) is 0 Å². The van der Waals surface area contributed by atoms with Crippen molar-refractivity contribution >= 4 is 29.5 Å². The maximum Gasteiger partial charge on any atom is 0.379 e. The Balaban J connectivity index is 1.89. The topological polar surface area (TPSA) is 75.9 Å². The van der Waals surface area contributed by atoms with Gasteiger partial charge in [-0.1, -0.05) is 0 Å². The molecule has 0 aliphatic heterocycles. The molecule has 22 heavy (non-hydrogen) atoms. The first-order valence-corrected chi connectivity index (χ1v) is 7.02. The summed E-state index contributed by atoms with van der Waals surface area (Å²) >= 11 is 4.97. The average molecular weight is 317 g/mol. The van der Waals surface area contributed by atoms with E-state index in [1.165, 1.54) is 6.26 Å². The van der Waals surface area contributed by atoms with Crippen molar-refractivity contribution in [1.82, 2.24) is 10.7 Å². The molecule has 0 bridgehead atoms. The summed E-state index contributed by atoms with van der Waals surface area (Å²) in [5, 5.41) is 7.37. The molecule has 114 valence electrons. The Morgan fingerprint density at radius 1 is 1.36 bits per heavy atom. The van der Waals surface area contributed by atoms with Crippen molar-refractivity contribution in [2.24, 2.45) is 5.10 Å². The highest BCUT2D eigenvalue weighted by atomic mass is 32.1. The summed E-state index contributed by atoms with van der Waals surface area (Å²) in [5.41, 5.74) is 3.53. The second-order valence-electron chi connectivity index (χ2n) is 4.17. The van der Waals surface area contributed by atoms with E-state index < -0.39 is 5.97 Å². The molecule has 0 atom stereocenters. The summed E-state index contributed by atoms with van der Waals surface area (Å²) in [6.07, 6.45) is 3.03. The van der Waals surface area contributed by atoms with Crippen LogP contribution in [0.15, 0.2) is 52.2 Å². The number of hydrazone groups is 1. The molecule has 0 fully saturated rings. The van der Waals surface area contributed by atoms with Gasteiger partial charge in [-0.2, -0.15) is 5.10 Å². The molecule has 1 heterocycles. The van der Waals surface area contributed by atoms with Gasteiger partial charge in [-0.15, -0.1) is 0 Å². The van der Waals surface area contributed by atoms with Gasteiger partial charge in [0.2, 0.25) is 5.76 Å². The van der Waals surface area contributed by atoms with Crippen molar-refractivity contribution in [3.05, 3.63) is 54.0 Å². The minimum absolute atomic E-state index is 0.159. The number of thiocarbonyl (C=S) groups is 1. The Kier molecular flexibility index (Phi) is 5.67. The van der Waals surface area contributed by atoms with Crippen LogP contribution >= 0.6 is 12.2 Å². The molecular formula is C15H15N3O3S. The van der Waals surface area contributed by atoms with Crippen LogP contribution in [0.1, 0.15) is 23.0 Å². The second kappa shape index (κ2) is 7.94. The van der Waals surface area contributed by atoms with Gasteiger partial charge in [0.25, 0.3) is 0 Å². The van der Waals surface area contributed by atoms with Crippen molar-refractivity contribution in [3.63, 3.8) is 0 Å². The summed E-state index contributed by atoms with van der Waals surface area (Å²) < 4.78 is 10.1. The molecule has 2 rings (SSSR count). The molecule has 0 unspecified atom stereocenters. The normalized spacial score (nSPS) is 10.4. The van der Waals surface area contributed by atoms with Crippen molar-refractivity contribution in [1.29, 1.82) is 0 Å². The second-order valence-corrected chi connectivity index (χ2v) is 4.57. The Morgan fingerprint density at radius 3 is 2.77 bits per heavy atom. The third-order valence-electron chi connectivity index (χ3n) is 2.53. The van der Waals surface area contributed by atoms with Gasteiger partial charge in [-0.3, -0.25) is 5.43 Å². The highest BCUT2D eigenvalue weighted by Gasteiger charge is 2.10. The fourth-order valence-corrected chi connectivity index (χ4v) is 1.74. The molecule has 7 heteroatoms. The minimum Gasteiger partial charge on any atom is -0.457 e. The Labute approximate surface area is 133 Å². The zero-order valence-electron chi connectivity index (χ0n) is 11.9. The van der Waals surface area contributed by atoms with Gasteiger partial charge < -0.3 is 14.5 Å². The molecule has 0 aliphatic rings. The molecular weight excluding hydrogens is 302 g/mol. The van der Waals surface area contributed by atoms with Crippen LogP contribution in [-0.4, -0.2) is 23.8 Å². The van der Waals surface area contributed by atoms with Crippen LogP contribution in [0.2, 0.25) is 0 Å². The van der Waals surface area contributed by atoms with E-state index >= 15 is 0 Å². The molecule has 1 aromatic heterocycles. The predicted molar refractivity (Wildman–Crippen MR) is 87.1 cm³/mol. The highest BCUT2D eigenvalue weighted by molar-refractivity contribution is 7.80. The minimum atomic E-state index is -0.538. The monoisotopic (exact) mass is 317 g/mol. The van der Waals surface area contributed by atoms with Crippen molar-refractivity contribution in [2.45, 2.75) is 6.92 Å². The molecule has 0 saturated carbocycles. The zero-order valence-corrected chi connectivity index (χ0v) is 12.7. The Bertz CT molecular complexity index is 651. The molecule has 6 nitrogen and oxygen atoms in total. The first-order chi connectivity index (χ1) is 10.7. The molecule has 0 saturated heterocycles. The maximum absolute atomic E-state index is 11.7. The molecule has 0 radical (unpaired) electrons. The number of furan rings is 1. The number of nitrogens with one attached hydrogen (secondary N) is 2. The summed E-state index contributed by atoms with van der Waals surface area (Å²) in [5.74, 6) is 0.0468. The molecule has 1 aromatic carbocycles. The first-order valence-electron chi connectivity index (χ1n) is 6.61. The zero-order chi connectivity index (χ0) is 15.8. The van der Waals surface area contributed by atoms with E-state index in [9.17, 15) is 4.79 Å². The molecule has 0 aliphatic carbocycles. The number of nitrogens with zero attached hydrogens (tertiary/aromatic N) is 1. The maximum atomic E-state index is 11.7. The average Bonchev–Trinajstić information content (AvgIpc) is 3.04. The highest BCUT2D eigenvalue weighted by Crippen LogP contribution is 2.13. The summed E-state index contributed by atoms with van der Waals surface area (Å²) in [7, 11) is 0. The Hall–Kier alpha value is -2.67. The standard InChI is InChI=1S/C15H15N3O3S/c1-2-16-15(22)18-17-10-11-5-7-12(8-6-11)21-14(19)13-4-3-9-20-13/h3-10H,2H2,1H3,(H2,16,18,22)/b17-10+. The first kappa shape index (κ1) is 15.7. The Morgan fingerprint density at radius 2 is 2.14 bits per heavy atom. The summed E-state index contributed by atoms with van der Waals surface area (Å²) in [6.45, 7) is 2.68. The van der Waals surface area contributed by atoms with E-state index in [0.717, 1.165) is 12.1 Å². The van der Waals surface area contributed by atoms with Crippen LogP contribution in [0.4, 0.5) is 0 Å². The number of hydrogen-bond acceptors (Lipinski definition) is 5. The lowest BCUT2D eigenvalue weighted by molar-refractivity contribution is 0.0701. The van der Waals surface area contributed by atoms with Crippen LogP contribution < -0.4 is 15.5 Å². The fourth-order valence-electron chi connectivity index (χ4n) is 1.54. The number of esters is 1. The number of ether oxygens (including phenoxy) is 1. The van der Waals surface area contributed by atoms with Gasteiger partial charge in [-0.25, -0.2) is 4.79 Å². The van der Waals surface area contributed by atoms with Crippen LogP contribution in [0.3, 0.4) is 0 Å². The predicted octanol–water partition coefficient (Wildman–Crippen LogP) is 2.32. The third-order valence-corrected chi connectivity index (χ3v) is 2.77. The van der Waals surface area contributed by atoms with Crippen LogP contribution in [0.5, 0.6) is 5.75 Å².